The molecule has 1 nitrogen and oxygen atoms in total. The van der Waals surface area contributed by atoms with Gasteiger partial charge in [0.15, 0.2) is 0 Å². The lowest BCUT2D eigenvalue weighted by Crippen LogP contribution is -2.13. The highest BCUT2D eigenvalue weighted by molar-refractivity contribution is 14.1. The molecule has 0 saturated carbocycles. The number of rotatable bonds is 0. The fraction of sp³-hybridized carbons (Fsp3) is 0.333. The minimum absolute atomic E-state index is 1.11. The molecule has 12 heavy (non-hydrogen) atoms. The molecule has 0 aromatic heterocycles. The van der Waals surface area contributed by atoms with Crippen molar-refractivity contribution in [1.29, 1.82) is 0 Å². The summed E-state index contributed by atoms with van der Waals surface area (Å²) in [7, 11) is 0. The van der Waals surface area contributed by atoms with E-state index < -0.39 is 0 Å². The van der Waals surface area contributed by atoms with Gasteiger partial charge >= 0.3 is 0 Å². The van der Waals surface area contributed by atoms with Crippen LogP contribution in [0.1, 0.15) is 12.0 Å². The fourth-order valence-electron chi connectivity index (χ4n) is 1.51. The molecule has 1 N–H and O–H groups in total. The molecule has 1 heterocycles. The van der Waals surface area contributed by atoms with Crippen molar-refractivity contribution in [2.45, 2.75) is 12.8 Å². The van der Waals surface area contributed by atoms with Gasteiger partial charge in [0.25, 0.3) is 0 Å². The zero-order chi connectivity index (χ0) is 8.55. The maximum atomic E-state index is 3.57. The first kappa shape index (κ1) is 8.81. The topological polar surface area (TPSA) is 12.0 Å². The minimum atomic E-state index is 1.11. The van der Waals surface area contributed by atoms with Crippen LogP contribution in [0.3, 0.4) is 0 Å². The molecule has 2 rings (SSSR count). The Balaban J connectivity index is 2.57. The van der Waals surface area contributed by atoms with Gasteiger partial charge in [-0.1, -0.05) is 15.9 Å². The van der Waals surface area contributed by atoms with Crippen LogP contribution in [0.5, 0.6) is 0 Å². The molecular weight excluding hydrogens is 329 g/mol. The zero-order valence-electron chi connectivity index (χ0n) is 6.53. The number of benzene rings is 1. The Labute approximate surface area is 94.2 Å². The molecule has 1 aromatic carbocycles. The average molecular weight is 338 g/mol. The van der Waals surface area contributed by atoms with Crippen molar-refractivity contribution >= 4 is 44.2 Å². The summed E-state index contributed by atoms with van der Waals surface area (Å²) in [6.45, 7) is 1.11. The number of fused-ring (bicyclic) bond motifs is 1. The summed E-state index contributed by atoms with van der Waals surface area (Å²) in [6, 6.07) is 4.27. The molecule has 1 aliphatic rings. The van der Waals surface area contributed by atoms with E-state index in [1.807, 2.05) is 0 Å². The lowest BCUT2D eigenvalue weighted by Gasteiger charge is -2.20. The molecule has 1 aromatic rings. The van der Waals surface area contributed by atoms with Gasteiger partial charge in [0.2, 0.25) is 0 Å². The van der Waals surface area contributed by atoms with Crippen molar-refractivity contribution in [1.82, 2.24) is 0 Å². The van der Waals surface area contributed by atoms with E-state index in [1.54, 1.807) is 0 Å². The average Bonchev–Trinajstić information content (AvgIpc) is 2.12. The van der Waals surface area contributed by atoms with Crippen molar-refractivity contribution in [2.75, 3.05) is 11.9 Å². The molecule has 64 valence electrons. The van der Waals surface area contributed by atoms with Crippen LogP contribution in [0, 0.1) is 3.57 Å². The SMILES string of the molecule is Brc1ccc(I)c2c1CCCN2. The van der Waals surface area contributed by atoms with E-state index in [0.717, 1.165) is 6.54 Å². The highest BCUT2D eigenvalue weighted by Gasteiger charge is 2.13. The third-order valence-corrected chi connectivity index (χ3v) is 3.75. The van der Waals surface area contributed by atoms with Gasteiger partial charge in [-0.15, -0.1) is 0 Å². The summed E-state index contributed by atoms with van der Waals surface area (Å²) in [4.78, 5) is 0. The molecule has 1 aliphatic heterocycles. The van der Waals surface area contributed by atoms with E-state index in [4.69, 9.17) is 0 Å². The Morgan fingerprint density at radius 1 is 1.42 bits per heavy atom. The van der Waals surface area contributed by atoms with Crippen LogP contribution >= 0.6 is 38.5 Å². The smallest absolute Gasteiger partial charge is 0.0519 e. The summed E-state index contributed by atoms with van der Waals surface area (Å²) < 4.78 is 2.57. The van der Waals surface area contributed by atoms with Crippen LogP contribution in [-0.2, 0) is 6.42 Å². The Kier molecular flexibility index (Phi) is 2.60. The van der Waals surface area contributed by atoms with E-state index in [9.17, 15) is 0 Å². The Morgan fingerprint density at radius 2 is 2.25 bits per heavy atom. The molecule has 0 saturated heterocycles. The quantitative estimate of drug-likeness (QED) is 0.715. The van der Waals surface area contributed by atoms with Crippen LogP contribution in [0.2, 0.25) is 0 Å². The van der Waals surface area contributed by atoms with Crippen LogP contribution < -0.4 is 5.32 Å². The minimum Gasteiger partial charge on any atom is -0.384 e. The van der Waals surface area contributed by atoms with E-state index in [1.165, 1.54) is 32.1 Å². The summed E-state index contributed by atoms with van der Waals surface area (Å²) in [5, 5.41) is 3.43. The molecule has 0 aliphatic carbocycles. The highest BCUT2D eigenvalue weighted by Crippen LogP contribution is 2.32. The summed E-state index contributed by atoms with van der Waals surface area (Å²) in [5.41, 5.74) is 2.77. The lowest BCUT2D eigenvalue weighted by atomic mass is 10.0. The zero-order valence-corrected chi connectivity index (χ0v) is 10.3. The van der Waals surface area contributed by atoms with Gasteiger partial charge in [-0.3, -0.25) is 0 Å². The second-order valence-electron chi connectivity index (χ2n) is 2.91. The molecule has 0 spiro atoms. The number of anilines is 1. The van der Waals surface area contributed by atoms with E-state index in [0.29, 0.717) is 0 Å². The van der Waals surface area contributed by atoms with Crippen LogP contribution in [0.4, 0.5) is 5.69 Å². The monoisotopic (exact) mass is 337 g/mol. The Bertz CT molecular complexity index is 281. The first-order valence-corrected chi connectivity index (χ1v) is 5.87. The van der Waals surface area contributed by atoms with Gasteiger partial charge in [-0.05, 0) is 53.1 Å². The molecular formula is C9H9BrIN. The number of nitrogens with one attached hydrogen (secondary N) is 1. The van der Waals surface area contributed by atoms with Crippen molar-refractivity contribution in [3.05, 3.63) is 25.7 Å². The first-order chi connectivity index (χ1) is 5.79. The van der Waals surface area contributed by atoms with Crippen LogP contribution in [0.15, 0.2) is 16.6 Å². The second-order valence-corrected chi connectivity index (χ2v) is 4.93. The molecule has 3 heteroatoms. The van der Waals surface area contributed by atoms with E-state index >= 15 is 0 Å². The van der Waals surface area contributed by atoms with E-state index in [2.05, 4.69) is 56.0 Å². The summed E-state index contributed by atoms with van der Waals surface area (Å²) in [5.74, 6) is 0. The number of halogens is 2. The van der Waals surface area contributed by atoms with Gasteiger partial charge < -0.3 is 5.32 Å². The van der Waals surface area contributed by atoms with Crippen LogP contribution in [0.25, 0.3) is 0 Å². The third-order valence-electron chi connectivity index (χ3n) is 2.11. The molecule has 0 atom stereocenters. The normalized spacial score (nSPS) is 15.2. The highest BCUT2D eigenvalue weighted by atomic mass is 127. The number of hydrogen-bond acceptors (Lipinski definition) is 1. The van der Waals surface area contributed by atoms with Crippen LogP contribution in [-0.4, -0.2) is 6.54 Å². The second kappa shape index (κ2) is 3.54. The summed E-state index contributed by atoms with van der Waals surface area (Å²) in [6.07, 6.45) is 2.44. The lowest BCUT2D eigenvalue weighted by molar-refractivity contribution is 0.825. The predicted molar refractivity (Wildman–Crippen MR) is 63.7 cm³/mol. The van der Waals surface area contributed by atoms with Gasteiger partial charge in [-0.2, -0.15) is 0 Å². The largest absolute Gasteiger partial charge is 0.384 e. The number of hydrogen-bond donors (Lipinski definition) is 1. The standard InChI is InChI=1S/C9H9BrIN/c10-7-3-4-8(11)9-6(7)2-1-5-12-9/h3-4,12H,1-2,5H2. The third kappa shape index (κ3) is 1.48. The maximum absolute atomic E-state index is 3.57. The van der Waals surface area contributed by atoms with Crippen molar-refractivity contribution < 1.29 is 0 Å². The first-order valence-electron chi connectivity index (χ1n) is 4.00. The van der Waals surface area contributed by atoms with Gasteiger partial charge in [-0.25, -0.2) is 0 Å². The molecule has 0 bridgehead atoms. The summed E-state index contributed by atoms with van der Waals surface area (Å²) >= 11 is 5.95. The Morgan fingerprint density at radius 3 is 3.00 bits per heavy atom. The Hall–Kier alpha value is 0.230. The molecule has 0 radical (unpaired) electrons. The van der Waals surface area contributed by atoms with Gasteiger partial charge in [0, 0.05) is 14.6 Å². The van der Waals surface area contributed by atoms with Gasteiger partial charge in [0.05, 0.1) is 5.69 Å². The predicted octanol–water partition coefficient (Wildman–Crippen LogP) is 3.41. The van der Waals surface area contributed by atoms with Gasteiger partial charge in [0.1, 0.15) is 0 Å². The van der Waals surface area contributed by atoms with E-state index in [-0.39, 0.29) is 0 Å². The molecule has 0 fully saturated rings. The molecule has 0 amide bonds. The van der Waals surface area contributed by atoms with Crippen molar-refractivity contribution in [2.24, 2.45) is 0 Å². The molecule has 0 unspecified atom stereocenters. The van der Waals surface area contributed by atoms with Crippen molar-refractivity contribution in [3.8, 4) is 0 Å². The van der Waals surface area contributed by atoms with Crippen molar-refractivity contribution in [3.63, 3.8) is 0 Å². The maximum Gasteiger partial charge on any atom is 0.0519 e. The fourth-order valence-corrected chi connectivity index (χ4v) is 2.73.